The number of nitrogens with one attached hydrogen (secondary N) is 1. The molecule has 1 N–H and O–H groups in total. The van der Waals surface area contributed by atoms with Gasteiger partial charge in [0.15, 0.2) is 5.69 Å². The molecule has 66 valence electrons. The van der Waals surface area contributed by atoms with Gasteiger partial charge in [-0.15, -0.1) is 5.10 Å². The van der Waals surface area contributed by atoms with Gasteiger partial charge in [0.25, 0.3) is 0 Å². The number of aromatic nitrogens is 3. The standard InChI is InChI=1S/C8H7N3O2/c1-13-8(12)7-5-2-3-9-6(5)4-10-11-7/h2-4,9H,1H3. The number of rotatable bonds is 1. The smallest absolute Gasteiger partial charge is 0.359 e. The lowest BCUT2D eigenvalue weighted by Gasteiger charge is -1.97. The topological polar surface area (TPSA) is 67.9 Å². The molecule has 0 aliphatic rings. The van der Waals surface area contributed by atoms with Gasteiger partial charge < -0.3 is 9.72 Å². The Morgan fingerprint density at radius 3 is 3.23 bits per heavy atom. The van der Waals surface area contributed by atoms with Crippen molar-refractivity contribution < 1.29 is 9.53 Å². The number of fused-ring (bicyclic) bond motifs is 1. The van der Waals surface area contributed by atoms with Gasteiger partial charge in [-0.05, 0) is 6.07 Å². The minimum atomic E-state index is -0.474. The van der Waals surface area contributed by atoms with E-state index in [0.29, 0.717) is 0 Å². The minimum Gasteiger partial charge on any atom is -0.464 e. The van der Waals surface area contributed by atoms with Gasteiger partial charge in [0.05, 0.1) is 18.8 Å². The molecule has 0 saturated carbocycles. The molecule has 2 aromatic heterocycles. The second-order valence-corrected chi connectivity index (χ2v) is 2.49. The first kappa shape index (κ1) is 7.72. The van der Waals surface area contributed by atoms with Crippen LogP contribution in [-0.2, 0) is 4.74 Å². The van der Waals surface area contributed by atoms with Gasteiger partial charge in [0.2, 0.25) is 0 Å². The van der Waals surface area contributed by atoms with Gasteiger partial charge in [0, 0.05) is 11.6 Å². The van der Waals surface area contributed by atoms with Crippen molar-refractivity contribution in [3.63, 3.8) is 0 Å². The van der Waals surface area contributed by atoms with Crippen LogP contribution in [0.25, 0.3) is 10.9 Å². The van der Waals surface area contributed by atoms with E-state index in [-0.39, 0.29) is 5.69 Å². The fourth-order valence-electron chi connectivity index (χ4n) is 1.14. The van der Waals surface area contributed by atoms with Gasteiger partial charge >= 0.3 is 5.97 Å². The van der Waals surface area contributed by atoms with E-state index in [1.807, 2.05) is 0 Å². The molecule has 2 heterocycles. The number of nitrogens with zero attached hydrogens (tertiary/aromatic N) is 2. The number of carbonyl (C=O) groups excluding carboxylic acids is 1. The number of carbonyl (C=O) groups is 1. The molecule has 0 amide bonds. The zero-order valence-electron chi connectivity index (χ0n) is 6.94. The summed E-state index contributed by atoms with van der Waals surface area (Å²) in [5, 5.41) is 8.10. The average molecular weight is 177 g/mol. The lowest BCUT2D eigenvalue weighted by molar-refractivity contribution is 0.0595. The van der Waals surface area contributed by atoms with Crippen LogP contribution in [0.1, 0.15) is 10.5 Å². The van der Waals surface area contributed by atoms with Crippen molar-refractivity contribution in [2.24, 2.45) is 0 Å². The maximum absolute atomic E-state index is 11.2. The zero-order valence-corrected chi connectivity index (χ0v) is 6.94. The van der Waals surface area contributed by atoms with Crippen molar-refractivity contribution in [3.05, 3.63) is 24.2 Å². The summed E-state index contributed by atoms with van der Waals surface area (Å²) in [7, 11) is 1.31. The Morgan fingerprint density at radius 2 is 2.46 bits per heavy atom. The maximum Gasteiger partial charge on any atom is 0.359 e. The number of esters is 1. The van der Waals surface area contributed by atoms with Crippen molar-refractivity contribution in [1.82, 2.24) is 15.2 Å². The van der Waals surface area contributed by atoms with E-state index >= 15 is 0 Å². The molecule has 0 bridgehead atoms. The highest BCUT2D eigenvalue weighted by Gasteiger charge is 2.12. The molecule has 0 fully saturated rings. The summed E-state index contributed by atoms with van der Waals surface area (Å²) in [5.41, 5.74) is 1.01. The lowest BCUT2D eigenvalue weighted by Crippen LogP contribution is -2.05. The minimum absolute atomic E-state index is 0.237. The number of methoxy groups -OCH3 is 1. The Bertz CT molecular complexity index is 449. The number of hydrogen-bond donors (Lipinski definition) is 1. The molecule has 0 aromatic carbocycles. The summed E-state index contributed by atoms with van der Waals surface area (Å²) in [5.74, 6) is -0.474. The molecule has 5 heteroatoms. The highest BCUT2D eigenvalue weighted by atomic mass is 16.5. The van der Waals surface area contributed by atoms with E-state index in [1.54, 1.807) is 18.5 Å². The monoisotopic (exact) mass is 177 g/mol. The van der Waals surface area contributed by atoms with Crippen LogP contribution in [0, 0.1) is 0 Å². The highest BCUT2D eigenvalue weighted by Crippen LogP contribution is 2.13. The second kappa shape index (κ2) is 2.85. The largest absolute Gasteiger partial charge is 0.464 e. The van der Waals surface area contributed by atoms with E-state index in [4.69, 9.17) is 0 Å². The van der Waals surface area contributed by atoms with E-state index in [0.717, 1.165) is 10.9 Å². The molecule has 5 nitrogen and oxygen atoms in total. The molecule has 0 atom stereocenters. The molecule has 0 spiro atoms. The maximum atomic E-state index is 11.2. The highest BCUT2D eigenvalue weighted by molar-refractivity contribution is 6.01. The van der Waals surface area contributed by atoms with Crippen LogP contribution in [0.2, 0.25) is 0 Å². The van der Waals surface area contributed by atoms with Crippen LogP contribution in [0.4, 0.5) is 0 Å². The fraction of sp³-hybridized carbons (Fsp3) is 0.125. The van der Waals surface area contributed by atoms with Crippen LogP contribution >= 0.6 is 0 Å². The lowest BCUT2D eigenvalue weighted by atomic mass is 10.2. The Kier molecular flexibility index (Phi) is 1.70. The van der Waals surface area contributed by atoms with Crippen LogP contribution < -0.4 is 0 Å². The third-order valence-corrected chi connectivity index (χ3v) is 1.76. The van der Waals surface area contributed by atoms with Crippen LogP contribution in [0.3, 0.4) is 0 Å². The van der Waals surface area contributed by atoms with E-state index in [9.17, 15) is 4.79 Å². The van der Waals surface area contributed by atoms with Gasteiger partial charge in [-0.1, -0.05) is 0 Å². The second-order valence-electron chi connectivity index (χ2n) is 2.49. The summed E-state index contributed by atoms with van der Waals surface area (Å²) in [4.78, 5) is 14.1. The average Bonchev–Trinajstić information content (AvgIpc) is 2.63. The van der Waals surface area contributed by atoms with Crippen molar-refractivity contribution >= 4 is 16.9 Å². The SMILES string of the molecule is COC(=O)c1nncc2[nH]ccc12. The quantitative estimate of drug-likeness (QED) is 0.652. The van der Waals surface area contributed by atoms with Gasteiger partial charge in [0.1, 0.15) is 0 Å². The normalized spacial score (nSPS) is 10.2. The fourth-order valence-corrected chi connectivity index (χ4v) is 1.14. The summed E-state index contributed by atoms with van der Waals surface area (Å²) < 4.78 is 4.56. The molecular weight excluding hydrogens is 170 g/mol. The van der Waals surface area contributed by atoms with Crippen molar-refractivity contribution in [2.75, 3.05) is 7.11 Å². The van der Waals surface area contributed by atoms with Crippen LogP contribution in [0.15, 0.2) is 18.5 Å². The van der Waals surface area contributed by atoms with Crippen molar-refractivity contribution in [3.8, 4) is 0 Å². The predicted molar refractivity (Wildman–Crippen MR) is 45.2 cm³/mol. The Hall–Kier alpha value is -1.91. The third kappa shape index (κ3) is 1.14. The molecule has 0 aliphatic carbocycles. The zero-order chi connectivity index (χ0) is 9.26. The summed E-state index contributed by atoms with van der Waals surface area (Å²) in [6, 6.07) is 1.76. The molecular formula is C8H7N3O2. The Balaban J connectivity index is 2.67. The number of aromatic amines is 1. The first-order valence-corrected chi connectivity index (χ1v) is 3.70. The first-order chi connectivity index (χ1) is 6.33. The van der Waals surface area contributed by atoms with Crippen LogP contribution in [0.5, 0.6) is 0 Å². The van der Waals surface area contributed by atoms with Gasteiger partial charge in [-0.2, -0.15) is 5.10 Å². The van der Waals surface area contributed by atoms with Crippen LogP contribution in [-0.4, -0.2) is 28.3 Å². The summed E-state index contributed by atoms with van der Waals surface area (Å²) in [6.07, 6.45) is 3.28. The number of ether oxygens (including phenoxy) is 1. The molecule has 0 radical (unpaired) electrons. The van der Waals surface area contributed by atoms with E-state index in [1.165, 1.54) is 7.11 Å². The molecule has 13 heavy (non-hydrogen) atoms. The number of H-pyrrole nitrogens is 1. The van der Waals surface area contributed by atoms with Gasteiger partial charge in [-0.3, -0.25) is 0 Å². The first-order valence-electron chi connectivity index (χ1n) is 3.70. The van der Waals surface area contributed by atoms with Gasteiger partial charge in [-0.25, -0.2) is 4.79 Å². The van der Waals surface area contributed by atoms with Crippen molar-refractivity contribution in [2.45, 2.75) is 0 Å². The Morgan fingerprint density at radius 1 is 1.62 bits per heavy atom. The van der Waals surface area contributed by atoms with E-state index in [2.05, 4.69) is 19.9 Å². The molecule has 2 aromatic rings. The van der Waals surface area contributed by atoms with Crippen molar-refractivity contribution in [1.29, 1.82) is 0 Å². The molecule has 0 unspecified atom stereocenters. The molecule has 0 saturated heterocycles. The predicted octanol–water partition coefficient (Wildman–Crippen LogP) is 0.744. The molecule has 0 aliphatic heterocycles. The summed E-state index contributed by atoms with van der Waals surface area (Å²) >= 11 is 0. The van der Waals surface area contributed by atoms with E-state index < -0.39 is 5.97 Å². The third-order valence-electron chi connectivity index (χ3n) is 1.76. The number of hydrogen-bond acceptors (Lipinski definition) is 4. The molecule has 2 rings (SSSR count). The Labute approximate surface area is 73.7 Å². The summed E-state index contributed by atoms with van der Waals surface area (Å²) in [6.45, 7) is 0.